The Labute approximate surface area is 501 Å². The second-order valence-electron chi connectivity index (χ2n) is 22.3. The molecule has 0 N–H and O–H groups in total. The lowest BCUT2D eigenvalue weighted by molar-refractivity contribution is 0.668. The van der Waals surface area contributed by atoms with Crippen LogP contribution in [0.3, 0.4) is 0 Å². The van der Waals surface area contributed by atoms with E-state index in [4.69, 9.17) is 23.8 Å². The number of fused-ring (bicyclic) bond motifs is 9. The summed E-state index contributed by atoms with van der Waals surface area (Å²) in [4.78, 5) is 16.4. The van der Waals surface area contributed by atoms with Crippen molar-refractivity contribution in [2.24, 2.45) is 0 Å². The van der Waals surface area contributed by atoms with E-state index in [0.29, 0.717) is 17.5 Å². The van der Waals surface area contributed by atoms with Gasteiger partial charge in [0.05, 0.1) is 16.7 Å². The maximum atomic E-state index is 6.51. The number of aromatic nitrogens is 4. The molecule has 0 spiro atoms. The average molecular weight is 1110 g/mol. The van der Waals surface area contributed by atoms with Gasteiger partial charge in [-0.3, -0.25) is 0 Å². The Morgan fingerprint density at radius 3 is 0.931 bits per heavy atom. The fourth-order valence-electron chi connectivity index (χ4n) is 12.8. The van der Waals surface area contributed by atoms with Crippen LogP contribution in [0, 0.1) is 0 Å². The minimum absolute atomic E-state index is 0.513. The average Bonchev–Trinajstić information content (AvgIpc) is 3.23. The zero-order valence-corrected chi connectivity index (χ0v) is 47.0. The number of hydrogen-bond donors (Lipinski definition) is 0. The predicted molar refractivity (Wildman–Crippen MR) is 358 cm³/mol. The van der Waals surface area contributed by atoms with Gasteiger partial charge in [0.15, 0.2) is 17.5 Å². The molecule has 6 nitrogen and oxygen atoms in total. The van der Waals surface area contributed by atoms with E-state index in [1.165, 1.54) is 0 Å². The van der Waals surface area contributed by atoms with Crippen LogP contribution in [0.1, 0.15) is 0 Å². The largest absolute Gasteiger partial charge is 0.456 e. The summed E-state index contributed by atoms with van der Waals surface area (Å²) in [5.41, 5.74) is 22.0. The topological polar surface area (TPSA) is 69.9 Å². The van der Waals surface area contributed by atoms with Gasteiger partial charge >= 0.3 is 0 Å². The Balaban J connectivity index is 0.958. The number of para-hydroxylation sites is 2. The van der Waals surface area contributed by atoms with Crippen molar-refractivity contribution in [1.29, 1.82) is 0 Å². The molecule has 0 saturated heterocycles. The Bertz CT molecular complexity index is 5140. The minimum atomic E-state index is 0.513. The van der Waals surface area contributed by atoms with Crippen LogP contribution in [0.5, 0.6) is 0 Å². The lowest BCUT2D eigenvalue weighted by atomic mass is 9.91. The summed E-state index contributed by atoms with van der Waals surface area (Å²) in [6, 6.07) is 108. The monoisotopic (exact) mass is 1110 g/mol. The van der Waals surface area contributed by atoms with Gasteiger partial charge in [0.25, 0.3) is 0 Å². The summed E-state index contributed by atoms with van der Waals surface area (Å²) >= 11 is 0. The van der Waals surface area contributed by atoms with E-state index in [-0.39, 0.29) is 0 Å². The molecule has 0 unspecified atom stereocenters. The second-order valence-corrected chi connectivity index (χ2v) is 22.3. The molecule has 17 rings (SSSR count). The molecule has 0 aliphatic carbocycles. The summed E-state index contributed by atoms with van der Waals surface area (Å²) in [5.74, 6) is 1.54. The summed E-state index contributed by atoms with van der Waals surface area (Å²) in [6.07, 6.45) is 0. The summed E-state index contributed by atoms with van der Waals surface area (Å²) in [5, 5.41) is 6.47. The van der Waals surface area contributed by atoms with Crippen molar-refractivity contribution >= 4 is 65.7 Å². The molecule has 87 heavy (non-hydrogen) atoms. The van der Waals surface area contributed by atoms with E-state index in [1.807, 2.05) is 36.4 Å². The van der Waals surface area contributed by atoms with Crippen LogP contribution in [0.15, 0.2) is 312 Å². The first-order valence-corrected chi connectivity index (χ1v) is 29.4. The molecule has 13 aromatic carbocycles. The SMILES string of the molecule is c1ccc(-c2ccc(-c3cc(-c4nc(-c5ccc6c(c5)oc5ccccc56)nc(-c5ccc6c(c5)oc5ccccc56)n4)cc(-c4ccc(-c5ccccc5)cc4)c3-n3c4ccc(-c5ccccc5)cc4c4cc(-c5ccccc5)ccc43)cc2)cc1. The first-order chi connectivity index (χ1) is 43.1. The van der Waals surface area contributed by atoms with Crippen molar-refractivity contribution in [3.05, 3.63) is 303 Å². The summed E-state index contributed by atoms with van der Waals surface area (Å²) < 4.78 is 15.5. The molecule has 17 aromatic rings. The van der Waals surface area contributed by atoms with Crippen molar-refractivity contribution in [3.8, 4) is 107 Å². The van der Waals surface area contributed by atoms with Gasteiger partial charge in [-0.1, -0.05) is 231 Å². The number of nitrogens with zero attached hydrogens (tertiary/aromatic N) is 4. The molecule has 0 saturated carbocycles. The van der Waals surface area contributed by atoms with Crippen LogP contribution >= 0.6 is 0 Å². The standard InChI is InChI=1S/C81H50N4O2/c1-5-17-51(18-6-1)55-29-33-57(34-30-55)68-47-63(81-83-79(61-37-41-66-64-25-13-15-27-74(64)86-76(66)49-61)82-80(84-81)62-38-42-67-65-26-14-16-28-75(65)87-77(67)50-62)48-69(58-35-31-56(32-36-58)52-19-7-2-8-20-52)78(68)85-72-43-39-59(53-21-9-3-10-22-53)45-70(72)71-46-60(40-44-73(71)85)54-23-11-4-12-24-54/h1-50H. The van der Waals surface area contributed by atoms with Crippen molar-refractivity contribution in [3.63, 3.8) is 0 Å². The van der Waals surface area contributed by atoms with E-state index in [9.17, 15) is 0 Å². The van der Waals surface area contributed by atoms with E-state index in [1.54, 1.807) is 0 Å². The van der Waals surface area contributed by atoms with E-state index >= 15 is 0 Å². The molecule has 0 atom stereocenters. The highest BCUT2D eigenvalue weighted by Crippen LogP contribution is 2.46. The highest BCUT2D eigenvalue weighted by molar-refractivity contribution is 6.13. The molecule has 4 aromatic heterocycles. The number of furan rings is 2. The molecule has 0 aliphatic rings. The van der Waals surface area contributed by atoms with E-state index in [0.717, 1.165) is 155 Å². The minimum Gasteiger partial charge on any atom is -0.456 e. The second kappa shape index (κ2) is 20.6. The molecular formula is C81H50N4O2. The molecule has 0 bridgehead atoms. The number of rotatable bonds is 10. The van der Waals surface area contributed by atoms with Gasteiger partial charge in [0, 0.05) is 60.1 Å². The highest BCUT2D eigenvalue weighted by atomic mass is 16.3. The predicted octanol–water partition coefficient (Wildman–Crippen LogP) is 21.8. The van der Waals surface area contributed by atoms with Gasteiger partial charge in [-0.05, 0) is 128 Å². The third kappa shape index (κ3) is 8.77. The van der Waals surface area contributed by atoms with Crippen LogP contribution in [-0.4, -0.2) is 19.5 Å². The molecule has 0 amide bonds. The van der Waals surface area contributed by atoms with Crippen molar-refractivity contribution in [2.45, 2.75) is 0 Å². The Hall–Kier alpha value is -11.7. The van der Waals surface area contributed by atoms with E-state index < -0.39 is 0 Å². The first-order valence-electron chi connectivity index (χ1n) is 29.4. The van der Waals surface area contributed by atoms with Gasteiger partial charge in [-0.2, -0.15) is 0 Å². The quantitative estimate of drug-likeness (QED) is 0.136. The van der Waals surface area contributed by atoms with Crippen molar-refractivity contribution in [1.82, 2.24) is 19.5 Å². The molecular weight excluding hydrogens is 1060 g/mol. The van der Waals surface area contributed by atoms with Crippen LogP contribution < -0.4 is 0 Å². The van der Waals surface area contributed by atoms with Crippen molar-refractivity contribution < 1.29 is 8.83 Å². The highest BCUT2D eigenvalue weighted by Gasteiger charge is 2.25. The van der Waals surface area contributed by atoms with Gasteiger partial charge in [0.2, 0.25) is 0 Å². The third-order valence-corrected chi connectivity index (χ3v) is 17.1. The van der Waals surface area contributed by atoms with Crippen molar-refractivity contribution in [2.75, 3.05) is 0 Å². The lowest BCUT2D eigenvalue weighted by Gasteiger charge is -2.21. The van der Waals surface area contributed by atoms with Gasteiger partial charge < -0.3 is 13.4 Å². The summed E-state index contributed by atoms with van der Waals surface area (Å²) in [6.45, 7) is 0. The zero-order valence-electron chi connectivity index (χ0n) is 47.0. The van der Waals surface area contributed by atoms with Gasteiger partial charge in [-0.25, -0.2) is 15.0 Å². The van der Waals surface area contributed by atoms with Gasteiger partial charge in [0.1, 0.15) is 22.3 Å². The maximum absolute atomic E-state index is 6.51. The smallest absolute Gasteiger partial charge is 0.164 e. The normalized spacial score (nSPS) is 11.7. The summed E-state index contributed by atoms with van der Waals surface area (Å²) in [7, 11) is 0. The fourth-order valence-corrected chi connectivity index (χ4v) is 12.8. The molecule has 0 radical (unpaired) electrons. The number of benzene rings is 13. The van der Waals surface area contributed by atoms with Crippen LogP contribution in [0.25, 0.3) is 172 Å². The molecule has 4 heterocycles. The third-order valence-electron chi connectivity index (χ3n) is 17.1. The van der Waals surface area contributed by atoms with Crippen LogP contribution in [-0.2, 0) is 0 Å². The van der Waals surface area contributed by atoms with Crippen LogP contribution in [0.4, 0.5) is 0 Å². The lowest BCUT2D eigenvalue weighted by Crippen LogP contribution is -2.04. The van der Waals surface area contributed by atoms with Gasteiger partial charge in [-0.15, -0.1) is 0 Å². The zero-order chi connectivity index (χ0) is 57.4. The van der Waals surface area contributed by atoms with Crippen LogP contribution in [0.2, 0.25) is 0 Å². The Morgan fingerprint density at radius 2 is 0.517 bits per heavy atom. The number of hydrogen-bond acceptors (Lipinski definition) is 5. The Kier molecular flexibility index (Phi) is 11.8. The first kappa shape index (κ1) is 49.8. The Morgan fingerprint density at radius 1 is 0.207 bits per heavy atom. The molecule has 0 aliphatic heterocycles. The molecule has 6 heteroatoms. The fraction of sp³-hybridized carbons (Fsp3) is 0. The molecule has 406 valence electrons. The maximum Gasteiger partial charge on any atom is 0.164 e. The molecule has 0 fully saturated rings. The van der Waals surface area contributed by atoms with E-state index in [2.05, 4.69) is 271 Å².